The van der Waals surface area contributed by atoms with Gasteiger partial charge in [0.15, 0.2) is 9.84 Å². The lowest BCUT2D eigenvalue weighted by atomic mass is 10.1. The summed E-state index contributed by atoms with van der Waals surface area (Å²) in [6, 6.07) is 15.0. The quantitative estimate of drug-likeness (QED) is 0.471. The van der Waals surface area contributed by atoms with Crippen LogP contribution in [0.15, 0.2) is 70.5 Å². The maximum atomic E-state index is 13.0. The summed E-state index contributed by atoms with van der Waals surface area (Å²) in [5.41, 5.74) is 2.95. The predicted molar refractivity (Wildman–Crippen MR) is 134 cm³/mol. The monoisotopic (exact) mass is 520 g/mol. The second-order valence-corrected chi connectivity index (χ2v) is 12.1. The van der Waals surface area contributed by atoms with Gasteiger partial charge in [-0.1, -0.05) is 35.9 Å². The van der Waals surface area contributed by atoms with Crippen molar-refractivity contribution >= 4 is 43.1 Å². The Balaban J connectivity index is 1.83. The molecule has 0 aliphatic carbocycles. The van der Waals surface area contributed by atoms with Crippen LogP contribution in [0.2, 0.25) is 5.02 Å². The highest BCUT2D eigenvalue weighted by Crippen LogP contribution is 2.27. The van der Waals surface area contributed by atoms with Gasteiger partial charge in [0.1, 0.15) is 4.90 Å². The number of aryl methyl sites for hydroxylation is 1. The molecule has 10 heteroatoms. The largest absolute Gasteiger partial charge is 0.346 e. The van der Waals surface area contributed by atoms with Crippen molar-refractivity contribution in [3.8, 4) is 0 Å². The maximum absolute atomic E-state index is 13.0. The van der Waals surface area contributed by atoms with E-state index >= 15 is 0 Å². The van der Waals surface area contributed by atoms with E-state index in [1.165, 1.54) is 30.3 Å². The molecule has 34 heavy (non-hydrogen) atoms. The van der Waals surface area contributed by atoms with Crippen molar-refractivity contribution in [2.75, 3.05) is 11.0 Å². The topological polar surface area (TPSA) is 109 Å². The molecule has 0 saturated carbocycles. The summed E-state index contributed by atoms with van der Waals surface area (Å²) in [5.74, 6) is -0.500. The summed E-state index contributed by atoms with van der Waals surface area (Å²) in [7, 11) is -7.38. The molecule has 0 fully saturated rings. The summed E-state index contributed by atoms with van der Waals surface area (Å²) in [4.78, 5) is 12.8. The Labute approximate surface area is 205 Å². The molecule has 1 atom stereocenters. The minimum Gasteiger partial charge on any atom is -0.346 e. The van der Waals surface area contributed by atoms with Crippen molar-refractivity contribution in [2.24, 2.45) is 0 Å². The number of hydrogen-bond acceptors (Lipinski definition) is 5. The van der Waals surface area contributed by atoms with Crippen molar-refractivity contribution in [2.45, 2.75) is 36.6 Å². The van der Waals surface area contributed by atoms with Crippen LogP contribution in [0, 0.1) is 13.8 Å². The first-order valence-corrected chi connectivity index (χ1v) is 14.0. The fourth-order valence-electron chi connectivity index (χ4n) is 3.28. The fraction of sp³-hybridized carbons (Fsp3) is 0.208. The van der Waals surface area contributed by atoms with E-state index in [1.54, 1.807) is 31.2 Å². The standard InChI is InChI=1S/C24H25ClN2O5S2/c1-15-6-5-7-22(16(15)2)27-34(31,32)23-14-19(10-13-21(23)25)24(28)26-17(3)18-8-11-20(12-9-18)33(4,29)30/h5-14,17,27H,1-4H3,(H,26,28). The van der Waals surface area contributed by atoms with Crippen molar-refractivity contribution < 1.29 is 21.6 Å². The minimum atomic E-state index is -4.06. The molecule has 0 bridgehead atoms. The van der Waals surface area contributed by atoms with Crippen LogP contribution in [0.1, 0.15) is 40.0 Å². The van der Waals surface area contributed by atoms with Gasteiger partial charge in [-0.3, -0.25) is 9.52 Å². The van der Waals surface area contributed by atoms with Gasteiger partial charge in [0.05, 0.1) is 21.6 Å². The second kappa shape index (κ2) is 9.77. The maximum Gasteiger partial charge on any atom is 0.263 e. The molecule has 2 N–H and O–H groups in total. The van der Waals surface area contributed by atoms with Gasteiger partial charge in [-0.25, -0.2) is 16.8 Å². The van der Waals surface area contributed by atoms with Crippen LogP contribution in [0.5, 0.6) is 0 Å². The zero-order valence-corrected chi connectivity index (χ0v) is 21.5. The number of anilines is 1. The molecule has 3 rings (SSSR count). The van der Waals surface area contributed by atoms with Gasteiger partial charge in [0.2, 0.25) is 0 Å². The lowest BCUT2D eigenvalue weighted by molar-refractivity contribution is 0.0939. The average Bonchev–Trinajstić information content (AvgIpc) is 2.76. The van der Waals surface area contributed by atoms with Crippen LogP contribution >= 0.6 is 11.6 Å². The first kappa shape index (κ1) is 25.7. The predicted octanol–water partition coefficient (Wildman–Crippen LogP) is 4.65. The van der Waals surface area contributed by atoms with Crippen molar-refractivity contribution in [3.63, 3.8) is 0 Å². The number of hydrogen-bond donors (Lipinski definition) is 2. The number of sulfonamides is 1. The second-order valence-electron chi connectivity index (χ2n) is 8.03. The Hall–Kier alpha value is -2.88. The number of nitrogens with one attached hydrogen (secondary N) is 2. The zero-order chi connectivity index (χ0) is 25.3. The molecule has 1 amide bonds. The van der Waals surface area contributed by atoms with Crippen LogP contribution in [0.4, 0.5) is 5.69 Å². The molecule has 7 nitrogen and oxygen atoms in total. The molecular formula is C24H25ClN2O5S2. The highest BCUT2D eigenvalue weighted by atomic mass is 35.5. The summed E-state index contributed by atoms with van der Waals surface area (Å²) in [6.45, 7) is 5.42. The van der Waals surface area contributed by atoms with Crippen LogP contribution in [-0.4, -0.2) is 29.0 Å². The van der Waals surface area contributed by atoms with Crippen molar-refractivity contribution in [1.29, 1.82) is 0 Å². The van der Waals surface area contributed by atoms with Crippen LogP contribution < -0.4 is 10.0 Å². The fourth-order valence-corrected chi connectivity index (χ4v) is 5.56. The molecule has 0 aliphatic heterocycles. The molecule has 3 aromatic rings. The van der Waals surface area contributed by atoms with Gasteiger partial charge in [0.25, 0.3) is 15.9 Å². The van der Waals surface area contributed by atoms with Crippen LogP contribution in [0.25, 0.3) is 0 Å². The first-order chi connectivity index (χ1) is 15.8. The Morgan fingerprint density at radius 3 is 2.21 bits per heavy atom. The van der Waals surface area contributed by atoms with Gasteiger partial charge >= 0.3 is 0 Å². The minimum absolute atomic E-state index is 0.0150. The van der Waals surface area contributed by atoms with E-state index in [9.17, 15) is 21.6 Å². The Bertz CT molecular complexity index is 1450. The van der Waals surface area contributed by atoms with Crippen molar-refractivity contribution in [1.82, 2.24) is 5.32 Å². The highest BCUT2D eigenvalue weighted by Gasteiger charge is 2.22. The third kappa shape index (κ3) is 5.78. The van der Waals surface area contributed by atoms with Gasteiger partial charge in [-0.05, 0) is 73.9 Å². The molecule has 180 valence electrons. The number of carbonyl (C=O) groups is 1. The van der Waals surface area contributed by atoms with Gasteiger partial charge < -0.3 is 5.32 Å². The lowest BCUT2D eigenvalue weighted by Gasteiger charge is -2.16. The molecule has 1 unspecified atom stereocenters. The molecule has 0 aliphatic rings. The van der Waals surface area contributed by atoms with Gasteiger partial charge in [-0.2, -0.15) is 0 Å². The van der Waals surface area contributed by atoms with Gasteiger partial charge in [0, 0.05) is 11.8 Å². The first-order valence-electron chi connectivity index (χ1n) is 10.3. The molecule has 0 saturated heterocycles. The molecule has 3 aromatic carbocycles. The van der Waals surface area contributed by atoms with Crippen molar-refractivity contribution in [3.05, 3.63) is 87.9 Å². The number of benzene rings is 3. The van der Waals surface area contributed by atoms with E-state index in [2.05, 4.69) is 10.0 Å². The summed E-state index contributed by atoms with van der Waals surface area (Å²) >= 11 is 6.18. The van der Waals surface area contributed by atoms with Crippen LogP contribution in [-0.2, 0) is 19.9 Å². The van der Waals surface area contributed by atoms with Crippen LogP contribution in [0.3, 0.4) is 0 Å². The Morgan fingerprint density at radius 2 is 1.59 bits per heavy atom. The third-order valence-electron chi connectivity index (χ3n) is 5.49. The normalized spacial score (nSPS) is 12.7. The Morgan fingerprint density at radius 1 is 0.941 bits per heavy atom. The number of halogens is 1. The highest BCUT2D eigenvalue weighted by molar-refractivity contribution is 7.92. The summed E-state index contributed by atoms with van der Waals surface area (Å²) in [6.07, 6.45) is 1.12. The molecule has 0 spiro atoms. The molecule has 0 radical (unpaired) electrons. The Kier molecular flexibility index (Phi) is 7.40. The van der Waals surface area contributed by atoms with E-state index in [4.69, 9.17) is 11.6 Å². The van der Waals surface area contributed by atoms with E-state index < -0.39 is 31.8 Å². The number of rotatable bonds is 7. The zero-order valence-electron chi connectivity index (χ0n) is 19.1. The van der Waals surface area contributed by atoms with E-state index in [-0.39, 0.29) is 20.4 Å². The van der Waals surface area contributed by atoms with E-state index in [0.717, 1.165) is 17.4 Å². The van der Waals surface area contributed by atoms with Gasteiger partial charge in [-0.15, -0.1) is 0 Å². The molecular weight excluding hydrogens is 496 g/mol. The van der Waals surface area contributed by atoms with E-state index in [1.807, 2.05) is 19.9 Å². The SMILES string of the molecule is Cc1cccc(NS(=O)(=O)c2cc(C(=O)NC(C)c3ccc(S(C)(=O)=O)cc3)ccc2Cl)c1C. The van der Waals surface area contributed by atoms with E-state index in [0.29, 0.717) is 11.3 Å². The third-order valence-corrected chi connectivity index (χ3v) is 8.46. The molecule has 0 heterocycles. The number of carbonyl (C=O) groups excluding carboxylic acids is 1. The molecule has 0 aromatic heterocycles. The number of amides is 1. The summed E-state index contributed by atoms with van der Waals surface area (Å²) < 4.78 is 51.9. The smallest absolute Gasteiger partial charge is 0.263 e. The summed E-state index contributed by atoms with van der Waals surface area (Å²) in [5, 5.41) is 2.77. The average molecular weight is 521 g/mol. The lowest BCUT2D eigenvalue weighted by Crippen LogP contribution is -2.27. The number of sulfone groups is 1.